The molecular weight excluding hydrogens is 771 g/mol. The van der Waals surface area contributed by atoms with Crippen LogP contribution in [-0.2, 0) is 5.41 Å². The second-order valence-corrected chi connectivity index (χ2v) is 17.6. The summed E-state index contributed by atoms with van der Waals surface area (Å²) < 4.78 is 0. The third kappa shape index (κ3) is 6.15. The van der Waals surface area contributed by atoms with E-state index in [-0.39, 0.29) is 5.41 Å². The Kier molecular flexibility index (Phi) is 8.91. The standard InChI is InChI=1S/C63H45N/c1-63(2)60-28-16-15-27-56(60)57-37-35-48(41-61(57)63)64(62-38-32-46(42-17-5-3-6-18-42)39-58(62)44-19-7-4-8-20-44)47-33-29-43(30-34-47)45-31-36-55-53-25-12-11-23-51(53)49-21-9-10-22-50(49)52-24-13-14-26-54(52)59(55)40-45/h3-41H,1-2H3. The van der Waals surface area contributed by atoms with Gasteiger partial charge >= 0.3 is 0 Å². The number of hydrogen-bond donors (Lipinski definition) is 0. The van der Waals surface area contributed by atoms with Crippen LogP contribution in [0, 0.1) is 0 Å². The molecule has 0 heterocycles. The maximum atomic E-state index is 2.46. The first-order valence-electron chi connectivity index (χ1n) is 22.3. The first-order chi connectivity index (χ1) is 31.5. The molecule has 0 unspecified atom stereocenters. The van der Waals surface area contributed by atoms with Gasteiger partial charge in [-0.25, -0.2) is 0 Å². The van der Waals surface area contributed by atoms with Crippen LogP contribution in [0.1, 0.15) is 25.0 Å². The molecule has 64 heavy (non-hydrogen) atoms. The van der Waals surface area contributed by atoms with Gasteiger partial charge in [0.05, 0.1) is 5.69 Å². The van der Waals surface area contributed by atoms with Gasteiger partial charge in [-0.2, -0.15) is 0 Å². The molecule has 1 heteroatoms. The van der Waals surface area contributed by atoms with Crippen molar-refractivity contribution in [3.05, 3.63) is 248 Å². The highest BCUT2D eigenvalue weighted by Crippen LogP contribution is 2.52. The van der Waals surface area contributed by atoms with Crippen LogP contribution in [0.25, 0.3) is 89.0 Å². The molecule has 0 aromatic heterocycles. The van der Waals surface area contributed by atoms with Crippen LogP contribution in [0.2, 0.25) is 0 Å². The predicted molar refractivity (Wildman–Crippen MR) is 270 cm³/mol. The van der Waals surface area contributed by atoms with E-state index in [1.807, 2.05) is 0 Å². The number of benzene rings is 10. The summed E-state index contributed by atoms with van der Waals surface area (Å²) in [6.07, 6.45) is 0. The van der Waals surface area contributed by atoms with Crippen molar-refractivity contribution >= 4 is 17.1 Å². The quantitative estimate of drug-likeness (QED) is 0.162. The maximum absolute atomic E-state index is 2.46. The molecule has 0 fully saturated rings. The lowest BCUT2D eigenvalue weighted by Crippen LogP contribution is -2.17. The molecule has 0 spiro atoms. The highest BCUT2D eigenvalue weighted by Gasteiger charge is 2.36. The number of fused-ring (bicyclic) bond motifs is 11. The average molecular weight is 816 g/mol. The van der Waals surface area contributed by atoms with Crippen molar-refractivity contribution in [1.82, 2.24) is 0 Å². The third-order valence-electron chi connectivity index (χ3n) is 13.7. The minimum absolute atomic E-state index is 0.136. The van der Waals surface area contributed by atoms with E-state index < -0.39 is 0 Å². The minimum Gasteiger partial charge on any atom is -0.310 e. The van der Waals surface area contributed by atoms with Crippen LogP contribution in [0.3, 0.4) is 0 Å². The van der Waals surface area contributed by atoms with Gasteiger partial charge in [0.25, 0.3) is 0 Å². The van der Waals surface area contributed by atoms with Gasteiger partial charge in [0.2, 0.25) is 0 Å². The van der Waals surface area contributed by atoms with Gasteiger partial charge in [0.1, 0.15) is 0 Å². The second kappa shape index (κ2) is 15.1. The van der Waals surface area contributed by atoms with E-state index in [0.717, 1.165) is 17.1 Å². The highest BCUT2D eigenvalue weighted by molar-refractivity contribution is 6.04. The molecule has 302 valence electrons. The van der Waals surface area contributed by atoms with Crippen LogP contribution in [0.15, 0.2) is 237 Å². The van der Waals surface area contributed by atoms with E-state index >= 15 is 0 Å². The van der Waals surface area contributed by atoms with Crippen LogP contribution < -0.4 is 4.90 Å². The van der Waals surface area contributed by atoms with E-state index in [4.69, 9.17) is 0 Å². The molecule has 2 aliphatic carbocycles. The maximum Gasteiger partial charge on any atom is 0.0540 e. The monoisotopic (exact) mass is 815 g/mol. The zero-order chi connectivity index (χ0) is 42.8. The van der Waals surface area contributed by atoms with Gasteiger partial charge in [-0.15, -0.1) is 0 Å². The Morgan fingerprint density at radius 1 is 0.250 bits per heavy atom. The van der Waals surface area contributed by atoms with Crippen molar-refractivity contribution in [3.63, 3.8) is 0 Å². The average Bonchev–Trinajstić information content (AvgIpc) is 3.59. The minimum atomic E-state index is -0.136. The molecule has 1 nitrogen and oxygen atoms in total. The summed E-state index contributed by atoms with van der Waals surface area (Å²) in [5, 5.41) is 0. The van der Waals surface area contributed by atoms with Crippen molar-refractivity contribution < 1.29 is 0 Å². The van der Waals surface area contributed by atoms with E-state index in [1.54, 1.807) is 0 Å². The Morgan fingerprint density at radius 2 is 0.641 bits per heavy atom. The Hall–Kier alpha value is -8.00. The Morgan fingerprint density at radius 3 is 1.23 bits per heavy atom. The van der Waals surface area contributed by atoms with E-state index in [0.29, 0.717) is 0 Å². The fraction of sp³-hybridized carbons (Fsp3) is 0.0476. The summed E-state index contributed by atoms with van der Waals surface area (Å²) >= 11 is 0. The Labute approximate surface area is 376 Å². The zero-order valence-corrected chi connectivity index (χ0v) is 36.0. The lowest BCUT2D eigenvalue weighted by molar-refractivity contribution is 0.660. The molecule has 0 N–H and O–H groups in total. The van der Waals surface area contributed by atoms with Crippen molar-refractivity contribution in [2.45, 2.75) is 19.3 Å². The van der Waals surface area contributed by atoms with E-state index in [2.05, 4.69) is 255 Å². The molecule has 0 amide bonds. The van der Waals surface area contributed by atoms with Crippen molar-refractivity contribution in [2.24, 2.45) is 0 Å². The van der Waals surface area contributed by atoms with E-state index in [9.17, 15) is 0 Å². The van der Waals surface area contributed by atoms with Crippen molar-refractivity contribution in [1.29, 1.82) is 0 Å². The molecule has 0 saturated heterocycles. The largest absolute Gasteiger partial charge is 0.310 e. The van der Waals surface area contributed by atoms with Gasteiger partial charge in [-0.05, 0) is 137 Å². The van der Waals surface area contributed by atoms with Gasteiger partial charge in [-0.3, -0.25) is 0 Å². The third-order valence-corrected chi connectivity index (χ3v) is 13.7. The molecule has 0 saturated carbocycles. The topological polar surface area (TPSA) is 3.24 Å². The molecule has 0 bridgehead atoms. The summed E-state index contributed by atoms with van der Waals surface area (Å²) in [7, 11) is 0. The number of rotatable bonds is 6. The van der Waals surface area contributed by atoms with Crippen molar-refractivity contribution in [3.8, 4) is 89.0 Å². The van der Waals surface area contributed by atoms with Crippen LogP contribution >= 0.6 is 0 Å². The number of anilines is 3. The van der Waals surface area contributed by atoms with Gasteiger partial charge in [0.15, 0.2) is 0 Å². The number of nitrogens with zero attached hydrogens (tertiary/aromatic N) is 1. The molecule has 0 radical (unpaired) electrons. The Bertz CT molecular complexity index is 3390. The molecule has 12 rings (SSSR count). The van der Waals surface area contributed by atoms with Gasteiger partial charge in [0, 0.05) is 22.4 Å². The SMILES string of the molecule is CC1(C)c2ccccc2-c2ccc(N(c3ccc(-c4ccc5c(c4)-c4ccccc4-c4ccccc4-c4ccccc4-5)cc3)c3ccc(-c4ccccc4)cc3-c3ccccc3)cc21. The van der Waals surface area contributed by atoms with Gasteiger partial charge < -0.3 is 4.90 Å². The summed E-state index contributed by atoms with van der Waals surface area (Å²) in [5.74, 6) is 0. The molecule has 2 aliphatic rings. The summed E-state index contributed by atoms with van der Waals surface area (Å²) in [5.41, 5.74) is 25.7. The first-order valence-corrected chi connectivity index (χ1v) is 22.3. The Balaban J connectivity index is 1.02. The van der Waals surface area contributed by atoms with Gasteiger partial charge in [-0.1, -0.05) is 208 Å². The molecule has 10 aromatic carbocycles. The summed E-state index contributed by atoms with van der Waals surface area (Å²) in [6.45, 7) is 4.73. The molecule has 10 aromatic rings. The molecular formula is C63H45N. The smallest absolute Gasteiger partial charge is 0.0540 e. The summed E-state index contributed by atoms with van der Waals surface area (Å²) in [4.78, 5) is 2.46. The summed E-state index contributed by atoms with van der Waals surface area (Å²) in [6, 6.07) is 87.3. The van der Waals surface area contributed by atoms with Crippen LogP contribution in [0.4, 0.5) is 17.1 Å². The first kappa shape index (κ1) is 37.7. The van der Waals surface area contributed by atoms with Crippen molar-refractivity contribution in [2.75, 3.05) is 4.90 Å². The zero-order valence-electron chi connectivity index (χ0n) is 36.0. The second-order valence-electron chi connectivity index (χ2n) is 17.6. The van der Waals surface area contributed by atoms with Crippen LogP contribution in [-0.4, -0.2) is 0 Å². The normalized spacial score (nSPS) is 12.7. The highest BCUT2D eigenvalue weighted by atomic mass is 15.1. The molecule has 0 atom stereocenters. The fourth-order valence-corrected chi connectivity index (χ4v) is 10.5. The number of hydrogen-bond acceptors (Lipinski definition) is 1. The lowest BCUT2D eigenvalue weighted by atomic mass is 9.80. The molecule has 0 aliphatic heterocycles. The lowest BCUT2D eigenvalue weighted by Gasteiger charge is -2.30. The van der Waals surface area contributed by atoms with Crippen LogP contribution in [0.5, 0.6) is 0 Å². The predicted octanol–water partition coefficient (Wildman–Crippen LogP) is 17.4. The van der Waals surface area contributed by atoms with E-state index in [1.165, 1.54) is 100 Å². The fourth-order valence-electron chi connectivity index (χ4n) is 10.5.